The molecule has 1 aliphatic carbocycles. The highest BCUT2D eigenvalue weighted by atomic mass is 35.5. The zero-order valence-electron chi connectivity index (χ0n) is 21.2. The predicted octanol–water partition coefficient (Wildman–Crippen LogP) is 5.58. The standard InChI is InChI=1S/C31H29ClN2O5/c32-26-14-22(17-34-27(18-35)31(36)37)29(38-19-20-6-5-13-33-16-20)15-30(26)39-28-12-11-24-23(9-4-10-25(24)28)21-7-2-1-3-8-21/h1-10,13-16,27-28,34-35H,11-12,17-19H2,(H,36,37). The Balaban J connectivity index is 1.41. The normalized spacial score (nSPS) is 15.0. The number of hydrogen-bond acceptors (Lipinski definition) is 6. The highest BCUT2D eigenvalue weighted by molar-refractivity contribution is 6.32. The Kier molecular flexibility index (Phi) is 8.42. The van der Waals surface area contributed by atoms with Crippen LogP contribution in [0.5, 0.6) is 11.5 Å². The van der Waals surface area contributed by atoms with Gasteiger partial charge in [-0.1, -0.05) is 66.2 Å². The Morgan fingerprint density at radius 2 is 1.92 bits per heavy atom. The van der Waals surface area contributed by atoms with Gasteiger partial charge < -0.3 is 19.7 Å². The maximum absolute atomic E-state index is 11.4. The average molecular weight is 545 g/mol. The molecule has 0 bridgehead atoms. The molecule has 3 N–H and O–H groups in total. The molecule has 3 aromatic carbocycles. The molecule has 0 aliphatic heterocycles. The second kappa shape index (κ2) is 12.3. The average Bonchev–Trinajstić information content (AvgIpc) is 3.37. The first kappa shape index (κ1) is 26.7. The number of aliphatic carboxylic acids is 1. The minimum atomic E-state index is -1.14. The molecule has 5 rings (SSSR count). The van der Waals surface area contributed by atoms with E-state index in [4.69, 9.17) is 21.1 Å². The van der Waals surface area contributed by atoms with Crippen LogP contribution < -0.4 is 14.8 Å². The van der Waals surface area contributed by atoms with Crippen LogP contribution in [0.1, 0.15) is 34.8 Å². The lowest BCUT2D eigenvalue weighted by Crippen LogP contribution is -2.39. The van der Waals surface area contributed by atoms with E-state index in [0.29, 0.717) is 22.1 Å². The minimum absolute atomic E-state index is 0.132. The van der Waals surface area contributed by atoms with E-state index >= 15 is 0 Å². The Labute approximate surface area is 232 Å². The van der Waals surface area contributed by atoms with Crippen LogP contribution in [-0.2, 0) is 24.4 Å². The summed E-state index contributed by atoms with van der Waals surface area (Å²) in [5, 5.41) is 21.9. The fraction of sp³-hybridized carbons (Fsp3) is 0.226. The van der Waals surface area contributed by atoms with Gasteiger partial charge >= 0.3 is 5.97 Å². The molecule has 0 saturated carbocycles. The van der Waals surface area contributed by atoms with Crippen molar-refractivity contribution < 1.29 is 24.5 Å². The summed E-state index contributed by atoms with van der Waals surface area (Å²) in [5.74, 6) is -0.151. The van der Waals surface area contributed by atoms with E-state index in [1.807, 2.05) is 30.3 Å². The van der Waals surface area contributed by atoms with E-state index in [0.717, 1.165) is 24.0 Å². The molecule has 0 amide bonds. The molecule has 7 nitrogen and oxygen atoms in total. The van der Waals surface area contributed by atoms with E-state index in [9.17, 15) is 15.0 Å². The number of carboxylic acid groups (broad SMARTS) is 1. The lowest BCUT2D eigenvalue weighted by atomic mass is 9.97. The van der Waals surface area contributed by atoms with Gasteiger partial charge in [-0.25, -0.2) is 0 Å². The summed E-state index contributed by atoms with van der Waals surface area (Å²) in [6, 6.07) is 22.7. The van der Waals surface area contributed by atoms with Crippen LogP contribution in [0.3, 0.4) is 0 Å². The molecule has 1 heterocycles. The second-order valence-corrected chi connectivity index (χ2v) is 9.79. The first-order chi connectivity index (χ1) is 19.0. The van der Waals surface area contributed by atoms with E-state index in [1.165, 1.54) is 16.7 Å². The number of pyridine rings is 1. The van der Waals surface area contributed by atoms with Gasteiger partial charge in [-0.2, -0.15) is 0 Å². The van der Waals surface area contributed by atoms with Crippen molar-refractivity contribution in [3.63, 3.8) is 0 Å². The van der Waals surface area contributed by atoms with Gasteiger partial charge in [0.05, 0.1) is 11.6 Å². The van der Waals surface area contributed by atoms with Crippen molar-refractivity contribution in [3.8, 4) is 22.6 Å². The van der Waals surface area contributed by atoms with Crippen LogP contribution in [0, 0.1) is 0 Å². The second-order valence-electron chi connectivity index (χ2n) is 9.38. The van der Waals surface area contributed by atoms with Gasteiger partial charge in [-0.05, 0) is 47.2 Å². The van der Waals surface area contributed by atoms with Crippen molar-refractivity contribution in [2.45, 2.75) is 38.1 Å². The Bertz CT molecular complexity index is 1430. The number of benzene rings is 3. The highest BCUT2D eigenvalue weighted by Gasteiger charge is 2.28. The Morgan fingerprint density at radius 3 is 2.67 bits per heavy atom. The van der Waals surface area contributed by atoms with Crippen molar-refractivity contribution in [1.82, 2.24) is 10.3 Å². The fourth-order valence-corrected chi connectivity index (χ4v) is 5.06. The number of aromatic nitrogens is 1. The third-order valence-corrected chi connectivity index (χ3v) is 7.12. The molecule has 0 saturated heterocycles. The Morgan fingerprint density at radius 1 is 1.08 bits per heavy atom. The summed E-state index contributed by atoms with van der Waals surface area (Å²) in [6.07, 6.45) is 4.96. The van der Waals surface area contributed by atoms with E-state index in [2.05, 4.69) is 40.6 Å². The number of ether oxygens (including phenoxy) is 2. The van der Waals surface area contributed by atoms with Gasteiger partial charge in [0.25, 0.3) is 0 Å². The zero-order valence-corrected chi connectivity index (χ0v) is 22.0. The summed E-state index contributed by atoms with van der Waals surface area (Å²) >= 11 is 6.68. The van der Waals surface area contributed by atoms with Crippen LogP contribution in [-0.4, -0.2) is 33.8 Å². The maximum Gasteiger partial charge on any atom is 0.323 e. The number of carboxylic acids is 1. The van der Waals surface area contributed by atoms with E-state index in [-0.39, 0.29) is 19.3 Å². The molecule has 200 valence electrons. The van der Waals surface area contributed by atoms with Crippen molar-refractivity contribution in [2.75, 3.05) is 6.61 Å². The van der Waals surface area contributed by atoms with Gasteiger partial charge in [0.2, 0.25) is 0 Å². The fourth-order valence-electron chi connectivity index (χ4n) is 4.83. The van der Waals surface area contributed by atoms with Crippen molar-refractivity contribution in [3.05, 3.63) is 112 Å². The Hall–Kier alpha value is -3.91. The summed E-state index contributed by atoms with van der Waals surface area (Å²) in [7, 11) is 0. The van der Waals surface area contributed by atoms with Gasteiger partial charge in [-0.3, -0.25) is 15.1 Å². The molecule has 2 atom stereocenters. The zero-order chi connectivity index (χ0) is 27.2. The van der Waals surface area contributed by atoms with E-state index in [1.54, 1.807) is 24.5 Å². The van der Waals surface area contributed by atoms with Crippen LogP contribution in [0.15, 0.2) is 85.2 Å². The SMILES string of the molecule is O=C(O)C(CO)NCc1cc(Cl)c(OC2CCc3c(-c4ccccc4)cccc32)cc1OCc1cccnc1. The molecule has 39 heavy (non-hydrogen) atoms. The first-order valence-electron chi connectivity index (χ1n) is 12.8. The van der Waals surface area contributed by atoms with Crippen LogP contribution >= 0.6 is 11.6 Å². The largest absolute Gasteiger partial charge is 0.488 e. The van der Waals surface area contributed by atoms with Gasteiger partial charge in [-0.15, -0.1) is 0 Å². The maximum atomic E-state index is 11.4. The quantitative estimate of drug-likeness (QED) is 0.226. The number of aliphatic hydroxyl groups excluding tert-OH is 1. The molecule has 1 aromatic heterocycles. The number of nitrogens with one attached hydrogen (secondary N) is 1. The van der Waals surface area contributed by atoms with Gasteiger partial charge in [0, 0.05) is 36.1 Å². The minimum Gasteiger partial charge on any atom is -0.488 e. The highest BCUT2D eigenvalue weighted by Crippen LogP contribution is 2.42. The number of carbonyl (C=O) groups is 1. The molecule has 8 heteroatoms. The third-order valence-electron chi connectivity index (χ3n) is 6.82. The van der Waals surface area contributed by atoms with Gasteiger partial charge in [0.1, 0.15) is 30.3 Å². The van der Waals surface area contributed by atoms with Crippen molar-refractivity contribution >= 4 is 17.6 Å². The molecular formula is C31H29ClN2O5. The third kappa shape index (κ3) is 6.23. The number of halogens is 1. The van der Waals surface area contributed by atoms with E-state index < -0.39 is 18.6 Å². The number of rotatable bonds is 11. The van der Waals surface area contributed by atoms with Crippen LogP contribution in [0.2, 0.25) is 5.02 Å². The molecule has 1 aliphatic rings. The van der Waals surface area contributed by atoms with Crippen LogP contribution in [0.25, 0.3) is 11.1 Å². The smallest absolute Gasteiger partial charge is 0.323 e. The first-order valence-corrected chi connectivity index (χ1v) is 13.2. The van der Waals surface area contributed by atoms with Crippen LogP contribution in [0.4, 0.5) is 0 Å². The van der Waals surface area contributed by atoms with Crippen molar-refractivity contribution in [1.29, 1.82) is 0 Å². The number of aliphatic hydroxyl groups is 1. The predicted molar refractivity (Wildman–Crippen MR) is 149 cm³/mol. The van der Waals surface area contributed by atoms with Gasteiger partial charge in [0.15, 0.2) is 0 Å². The molecule has 0 fully saturated rings. The molecule has 0 radical (unpaired) electrons. The topological polar surface area (TPSA) is 101 Å². The molecule has 2 unspecified atom stereocenters. The summed E-state index contributed by atoms with van der Waals surface area (Å²) in [6.45, 7) is -0.147. The number of nitrogens with zero attached hydrogens (tertiary/aromatic N) is 1. The molecule has 4 aromatic rings. The molecule has 0 spiro atoms. The monoisotopic (exact) mass is 544 g/mol. The summed E-state index contributed by atoms with van der Waals surface area (Å²) in [5.41, 5.74) is 6.34. The lowest BCUT2D eigenvalue weighted by Gasteiger charge is -2.20. The summed E-state index contributed by atoms with van der Waals surface area (Å²) < 4.78 is 12.6. The number of fused-ring (bicyclic) bond motifs is 1. The summed E-state index contributed by atoms with van der Waals surface area (Å²) in [4.78, 5) is 15.5. The van der Waals surface area contributed by atoms with Crippen molar-refractivity contribution in [2.24, 2.45) is 0 Å². The molecular weight excluding hydrogens is 516 g/mol. The number of hydrogen-bond donors (Lipinski definition) is 3. The lowest BCUT2D eigenvalue weighted by molar-refractivity contribution is -0.140.